The van der Waals surface area contributed by atoms with Crippen molar-refractivity contribution in [1.29, 1.82) is 0 Å². The quantitative estimate of drug-likeness (QED) is 0.0441. The highest BCUT2D eigenvalue weighted by molar-refractivity contribution is 7.98. The van der Waals surface area contributed by atoms with Crippen LogP contribution in [0.25, 0.3) is 0 Å². The molecule has 0 rings (SSSR count). The van der Waals surface area contributed by atoms with Gasteiger partial charge in [-0.15, -0.1) is 0 Å². The van der Waals surface area contributed by atoms with E-state index >= 15 is 0 Å². The number of hydrogen-bond donors (Lipinski definition) is 12. The molecule has 0 aliphatic heterocycles. The monoisotopic (exact) mass is 710 g/mol. The minimum atomic E-state index is -1.55. The van der Waals surface area contributed by atoms with Gasteiger partial charge in [-0.1, -0.05) is 13.8 Å². The highest BCUT2D eigenvalue weighted by Gasteiger charge is 2.30. The van der Waals surface area contributed by atoms with Crippen molar-refractivity contribution in [3.8, 4) is 0 Å². The molecule has 0 aliphatic rings. The first-order chi connectivity index (χ1) is 22.1. The first-order valence-electron chi connectivity index (χ1n) is 14.4. The van der Waals surface area contributed by atoms with E-state index in [1.165, 1.54) is 11.8 Å². The third kappa shape index (κ3) is 17.7. The number of aliphatic hydroxyl groups is 2. The van der Waals surface area contributed by atoms with Gasteiger partial charge in [0, 0.05) is 5.75 Å². The van der Waals surface area contributed by atoms with Crippen LogP contribution in [0.1, 0.15) is 26.7 Å². The Morgan fingerprint density at radius 1 is 0.681 bits per heavy atom. The maximum Gasteiger partial charge on any atom is 0.327 e. The van der Waals surface area contributed by atoms with Crippen LogP contribution in [-0.2, 0) is 38.4 Å². The molecule has 0 aliphatic carbocycles. The number of aliphatic carboxylic acids is 1. The molecule has 0 saturated heterocycles. The Morgan fingerprint density at radius 2 is 1.13 bits per heavy atom. The van der Waals surface area contributed by atoms with E-state index in [0.717, 1.165) is 0 Å². The van der Waals surface area contributed by atoms with Crippen molar-refractivity contribution in [2.24, 2.45) is 11.7 Å². The van der Waals surface area contributed by atoms with Crippen LogP contribution in [0.2, 0.25) is 0 Å². The Kier molecular flexibility index (Phi) is 21.8. The molecule has 0 unspecified atom stereocenters. The number of carboxylic acid groups (broad SMARTS) is 1. The van der Waals surface area contributed by atoms with Gasteiger partial charge < -0.3 is 58.3 Å². The molecule has 0 spiro atoms. The smallest absolute Gasteiger partial charge is 0.327 e. The molecule has 0 aromatic carbocycles. The van der Waals surface area contributed by atoms with Crippen molar-refractivity contribution in [3.63, 3.8) is 0 Å². The molecule has 0 heterocycles. The summed E-state index contributed by atoms with van der Waals surface area (Å²) in [5.74, 6) is -6.96. The number of hydrogen-bond acceptors (Lipinski definition) is 13. The third-order valence-electron chi connectivity index (χ3n) is 6.10. The molecular formula is C26H46N8O11S2. The zero-order valence-electron chi connectivity index (χ0n) is 26.4. The summed E-state index contributed by atoms with van der Waals surface area (Å²) in [5, 5.41) is 44.2. The summed E-state index contributed by atoms with van der Waals surface area (Å²) in [6.45, 7) is 0.201. The minimum absolute atomic E-state index is 0.0835. The molecule has 0 bridgehead atoms. The van der Waals surface area contributed by atoms with Gasteiger partial charge in [0.15, 0.2) is 0 Å². The minimum Gasteiger partial charge on any atom is -0.480 e. The Balaban J connectivity index is 5.27. The maximum absolute atomic E-state index is 12.9. The molecule has 0 saturated carbocycles. The fourth-order valence-electron chi connectivity index (χ4n) is 3.65. The standard InChI is InChI=1S/C26H46N8O11S2/c1-13(2)6-15(22(40)28-9-21(39)32-18(12-46)26(44)45)30-20(38)8-29-23(41)16(10-35)34-24(42)14(4-5-47-3)33-25(43)17(11-36)31-19(37)7-27/h13-18,35-36,46H,4-12,27H2,1-3H3,(H,28,40)(H,29,41)(H,30,38)(H,31,37)(H,32,39)(H,33,43)(H,34,42)(H,44,45)/t14-,15-,16-,17-,18-/m0/s1. The van der Waals surface area contributed by atoms with E-state index in [0.29, 0.717) is 5.75 Å². The van der Waals surface area contributed by atoms with E-state index in [1.807, 2.05) is 0 Å². The van der Waals surface area contributed by atoms with Gasteiger partial charge in [0.05, 0.1) is 32.8 Å². The lowest BCUT2D eigenvalue weighted by molar-refractivity contribution is -0.141. The molecule has 7 amide bonds. The van der Waals surface area contributed by atoms with E-state index in [9.17, 15) is 48.6 Å². The van der Waals surface area contributed by atoms with Gasteiger partial charge in [-0.25, -0.2) is 4.79 Å². The van der Waals surface area contributed by atoms with Gasteiger partial charge in [-0.3, -0.25) is 33.6 Å². The summed E-state index contributed by atoms with van der Waals surface area (Å²) in [6.07, 6.45) is 1.98. The van der Waals surface area contributed by atoms with Crippen molar-refractivity contribution < 1.29 is 53.7 Å². The van der Waals surface area contributed by atoms with E-state index in [2.05, 4.69) is 49.8 Å². The molecule has 5 atom stereocenters. The maximum atomic E-state index is 12.9. The number of nitrogens with one attached hydrogen (secondary N) is 7. The lowest BCUT2D eigenvalue weighted by atomic mass is 10.0. The summed E-state index contributed by atoms with van der Waals surface area (Å²) in [5.41, 5.74) is 5.21. The highest BCUT2D eigenvalue weighted by Crippen LogP contribution is 2.05. The number of carbonyl (C=O) groups excluding carboxylic acids is 7. The SMILES string of the molecule is CSCC[C@H](NC(=O)[C@H](CO)NC(=O)CN)C(=O)N[C@@H](CO)C(=O)NCC(=O)N[C@@H](CC(C)C)C(=O)NCC(=O)N[C@@H](CS)C(=O)O. The molecule has 19 nitrogen and oxygen atoms in total. The van der Waals surface area contributed by atoms with Crippen molar-refractivity contribution in [2.75, 3.05) is 50.6 Å². The third-order valence-corrected chi connectivity index (χ3v) is 7.11. The van der Waals surface area contributed by atoms with Crippen LogP contribution in [0.15, 0.2) is 0 Å². The zero-order valence-corrected chi connectivity index (χ0v) is 28.1. The van der Waals surface area contributed by atoms with Crippen LogP contribution in [0.4, 0.5) is 0 Å². The molecule has 0 aromatic rings. The van der Waals surface area contributed by atoms with Crippen LogP contribution in [0.5, 0.6) is 0 Å². The topological polar surface area (TPSA) is 307 Å². The predicted molar refractivity (Wildman–Crippen MR) is 173 cm³/mol. The fourth-order valence-corrected chi connectivity index (χ4v) is 4.37. The number of carboxylic acids is 1. The van der Waals surface area contributed by atoms with E-state index in [1.54, 1.807) is 20.1 Å². The Hall–Kier alpha value is -3.66. The van der Waals surface area contributed by atoms with Crippen LogP contribution < -0.4 is 43.0 Å². The second-order valence-electron chi connectivity index (χ2n) is 10.4. The van der Waals surface area contributed by atoms with Gasteiger partial charge in [0.25, 0.3) is 0 Å². The summed E-state index contributed by atoms with van der Waals surface area (Å²) < 4.78 is 0. The van der Waals surface area contributed by atoms with Crippen LogP contribution >= 0.6 is 24.4 Å². The van der Waals surface area contributed by atoms with E-state index in [4.69, 9.17) is 10.8 Å². The average Bonchev–Trinajstić information content (AvgIpc) is 3.03. The second-order valence-corrected chi connectivity index (χ2v) is 11.8. The van der Waals surface area contributed by atoms with Gasteiger partial charge in [-0.2, -0.15) is 24.4 Å². The van der Waals surface area contributed by atoms with Crippen molar-refractivity contribution in [1.82, 2.24) is 37.2 Å². The second kappa shape index (κ2) is 23.6. The molecule has 0 aromatic heterocycles. The summed E-state index contributed by atoms with van der Waals surface area (Å²) in [6, 6.07) is -6.56. The highest BCUT2D eigenvalue weighted by atomic mass is 32.2. The Labute approximate surface area is 281 Å². The number of nitrogens with two attached hydrogens (primary N) is 1. The fraction of sp³-hybridized carbons (Fsp3) is 0.692. The first-order valence-corrected chi connectivity index (χ1v) is 16.4. The molecule has 12 N–H and O–H groups in total. The van der Waals surface area contributed by atoms with Crippen LogP contribution in [0, 0.1) is 5.92 Å². The first kappa shape index (κ1) is 43.3. The van der Waals surface area contributed by atoms with Gasteiger partial charge in [-0.05, 0) is 30.8 Å². The zero-order chi connectivity index (χ0) is 36.1. The number of aliphatic hydroxyl groups excluding tert-OH is 2. The molecule has 47 heavy (non-hydrogen) atoms. The number of carbonyl (C=O) groups is 8. The number of thiol groups is 1. The number of amides is 7. The molecular weight excluding hydrogens is 664 g/mol. The van der Waals surface area contributed by atoms with Gasteiger partial charge in [0.2, 0.25) is 41.4 Å². The molecule has 0 fully saturated rings. The summed E-state index contributed by atoms with van der Waals surface area (Å²) in [4.78, 5) is 98.1. The average molecular weight is 711 g/mol. The number of thioether (sulfide) groups is 1. The molecule has 268 valence electrons. The molecule has 21 heteroatoms. The summed E-state index contributed by atoms with van der Waals surface area (Å²) >= 11 is 5.19. The number of rotatable bonds is 23. The van der Waals surface area contributed by atoms with Gasteiger partial charge >= 0.3 is 5.97 Å². The normalized spacial score (nSPS) is 14.0. The largest absolute Gasteiger partial charge is 0.480 e. The Morgan fingerprint density at radius 3 is 1.57 bits per heavy atom. The van der Waals surface area contributed by atoms with Crippen molar-refractivity contribution >= 4 is 71.7 Å². The van der Waals surface area contributed by atoms with Crippen molar-refractivity contribution in [2.45, 2.75) is 56.9 Å². The lowest BCUT2D eigenvalue weighted by Gasteiger charge is -2.24. The molecule has 0 radical (unpaired) electrons. The van der Waals surface area contributed by atoms with Crippen molar-refractivity contribution in [3.05, 3.63) is 0 Å². The predicted octanol–water partition coefficient (Wildman–Crippen LogP) is -5.60. The van der Waals surface area contributed by atoms with Gasteiger partial charge in [0.1, 0.15) is 30.2 Å². The van der Waals surface area contributed by atoms with Crippen LogP contribution in [0.3, 0.4) is 0 Å². The van der Waals surface area contributed by atoms with E-state index in [-0.39, 0.29) is 24.5 Å². The van der Waals surface area contributed by atoms with Crippen LogP contribution in [-0.4, -0.2) is 143 Å². The Bertz CT molecular complexity index is 1100. The lowest BCUT2D eigenvalue weighted by Crippen LogP contribution is -2.59. The van der Waals surface area contributed by atoms with E-state index < -0.39 is 110 Å². The summed E-state index contributed by atoms with van der Waals surface area (Å²) in [7, 11) is 0.